The minimum absolute atomic E-state index is 0.457. The summed E-state index contributed by atoms with van der Waals surface area (Å²) in [5.41, 5.74) is 3.73. The van der Waals surface area contributed by atoms with Gasteiger partial charge < -0.3 is 10.2 Å². The van der Waals surface area contributed by atoms with Gasteiger partial charge in [0.2, 0.25) is 0 Å². The van der Waals surface area contributed by atoms with Crippen molar-refractivity contribution in [2.45, 2.75) is 35.5 Å². The second kappa shape index (κ2) is 7.36. The zero-order chi connectivity index (χ0) is 15.4. The van der Waals surface area contributed by atoms with Crippen LogP contribution in [0.4, 0.5) is 11.4 Å². The molecule has 0 aliphatic carbocycles. The lowest BCUT2D eigenvalue weighted by Crippen LogP contribution is -2.03. The van der Waals surface area contributed by atoms with Gasteiger partial charge in [0.05, 0.1) is 11.4 Å². The molecule has 22 heavy (non-hydrogen) atoms. The predicted molar refractivity (Wildman–Crippen MR) is 93.9 cm³/mol. The third kappa shape index (κ3) is 3.75. The first kappa shape index (κ1) is 15.7. The zero-order valence-corrected chi connectivity index (χ0v) is 14.2. The van der Waals surface area contributed by atoms with Crippen LogP contribution in [0.1, 0.15) is 24.8 Å². The van der Waals surface area contributed by atoms with Gasteiger partial charge in [-0.1, -0.05) is 42.4 Å². The van der Waals surface area contributed by atoms with Crippen molar-refractivity contribution in [2.24, 2.45) is 0 Å². The van der Waals surface area contributed by atoms with E-state index in [9.17, 15) is 4.57 Å². The summed E-state index contributed by atoms with van der Waals surface area (Å²) >= 11 is 1.81. The van der Waals surface area contributed by atoms with Crippen LogP contribution in [-0.4, -0.2) is 11.1 Å². The molecule has 0 bridgehead atoms. The smallest absolute Gasteiger partial charge is 0.189 e. The Morgan fingerprint density at radius 3 is 2.68 bits per heavy atom. The average Bonchev–Trinajstić information content (AvgIpc) is 2.52. The van der Waals surface area contributed by atoms with E-state index in [1.807, 2.05) is 11.8 Å². The maximum Gasteiger partial charge on any atom is 0.189 e. The van der Waals surface area contributed by atoms with Gasteiger partial charge in [-0.05, 0) is 43.0 Å². The number of hydrogen-bond acceptors (Lipinski definition) is 3. The van der Waals surface area contributed by atoms with Crippen molar-refractivity contribution < 1.29 is 9.46 Å². The molecule has 0 radical (unpaired) electrons. The summed E-state index contributed by atoms with van der Waals surface area (Å²) in [6, 6.07) is 14.8. The number of aryl methyl sites for hydroxylation is 1. The molecule has 0 saturated carbocycles. The summed E-state index contributed by atoms with van der Waals surface area (Å²) in [6.07, 6.45) is 4.36. The molecule has 2 aromatic rings. The average molecular weight is 333 g/mol. The summed E-state index contributed by atoms with van der Waals surface area (Å²) in [5, 5.41) is 3.56. The van der Waals surface area contributed by atoms with Gasteiger partial charge in [0.25, 0.3) is 0 Å². The Hall–Kier alpha value is -1.22. The number of anilines is 2. The van der Waals surface area contributed by atoms with E-state index in [2.05, 4.69) is 47.8 Å². The lowest BCUT2D eigenvalue weighted by atomic mass is 10.0. The summed E-state index contributed by atoms with van der Waals surface area (Å²) in [5.74, 6) is 0. The molecule has 1 atom stereocenters. The van der Waals surface area contributed by atoms with E-state index in [-0.39, 0.29) is 0 Å². The van der Waals surface area contributed by atoms with Crippen LogP contribution in [0.15, 0.2) is 52.3 Å². The molecule has 1 aliphatic rings. The first-order valence-corrected chi connectivity index (χ1v) is 9.99. The third-order valence-electron chi connectivity index (χ3n) is 3.82. The van der Waals surface area contributed by atoms with Crippen LogP contribution in [0.5, 0.6) is 0 Å². The maximum atomic E-state index is 10.7. The molecule has 1 unspecified atom stereocenters. The van der Waals surface area contributed by atoms with Gasteiger partial charge in [0.1, 0.15) is 0 Å². The molecular weight excluding hydrogens is 313 g/mol. The highest BCUT2D eigenvalue weighted by molar-refractivity contribution is 7.99. The number of nitrogens with one attached hydrogen (secondary N) is 1. The van der Waals surface area contributed by atoms with Crippen molar-refractivity contribution in [3.05, 3.63) is 48.0 Å². The fourth-order valence-electron chi connectivity index (χ4n) is 2.69. The van der Waals surface area contributed by atoms with E-state index in [0.717, 1.165) is 25.7 Å². The number of fused-ring (bicyclic) bond motifs is 2. The fraction of sp³-hybridized carbons (Fsp3) is 0.294. The van der Waals surface area contributed by atoms with E-state index >= 15 is 0 Å². The lowest BCUT2D eigenvalue weighted by molar-refractivity contribution is 0.499. The Kier molecular flexibility index (Phi) is 5.24. The van der Waals surface area contributed by atoms with Crippen LogP contribution >= 0.6 is 19.8 Å². The Morgan fingerprint density at radius 1 is 1.00 bits per heavy atom. The normalized spacial score (nSPS) is 13.9. The van der Waals surface area contributed by atoms with Crippen molar-refractivity contribution in [1.29, 1.82) is 0 Å². The number of rotatable bonds is 6. The standard InChI is InChI=1S/C17H20NO2PS/c19-21(20)12-5-1-2-7-13-8-6-11-16-17(13)18-14-9-3-4-10-15(14)22-16/h3-4,6,8-11,18,21H,1-2,5,7,12H2,(H,19,20). The molecule has 0 fully saturated rings. The van der Waals surface area contributed by atoms with E-state index in [1.54, 1.807) is 0 Å². The van der Waals surface area contributed by atoms with Gasteiger partial charge in [0.15, 0.2) is 8.03 Å². The molecule has 3 nitrogen and oxygen atoms in total. The molecule has 3 rings (SSSR count). The quantitative estimate of drug-likeness (QED) is 0.488. The molecule has 1 heterocycles. The molecule has 0 aromatic heterocycles. The summed E-state index contributed by atoms with van der Waals surface area (Å²) in [4.78, 5) is 11.4. The van der Waals surface area contributed by atoms with Gasteiger partial charge in [-0.25, -0.2) is 0 Å². The lowest BCUT2D eigenvalue weighted by Gasteiger charge is -2.23. The molecule has 1 aliphatic heterocycles. The van der Waals surface area contributed by atoms with Crippen LogP contribution in [0.25, 0.3) is 0 Å². The fourth-order valence-corrected chi connectivity index (χ4v) is 4.29. The third-order valence-corrected chi connectivity index (χ3v) is 5.73. The first-order chi connectivity index (χ1) is 10.7. The number of benzene rings is 2. The molecule has 0 saturated heterocycles. The highest BCUT2D eigenvalue weighted by Crippen LogP contribution is 2.45. The van der Waals surface area contributed by atoms with Crippen LogP contribution in [0, 0.1) is 0 Å². The number of hydrogen-bond donors (Lipinski definition) is 2. The molecule has 5 heteroatoms. The van der Waals surface area contributed by atoms with Crippen LogP contribution < -0.4 is 5.32 Å². The number of unbranched alkanes of at least 4 members (excludes halogenated alkanes) is 2. The van der Waals surface area contributed by atoms with Crippen molar-refractivity contribution in [1.82, 2.24) is 0 Å². The van der Waals surface area contributed by atoms with Gasteiger partial charge in [0, 0.05) is 16.0 Å². The second-order valence-corrected chi connectivity index (χ2v) is 7.84. The van der Waals surface area contributed by atoms with Crippen LogP contribution in [0.3, 0.4) is 0 Å². The summed E-state index contributed by atoms with van der Waals surface area (Å²) in [7, 11) is -2.29. The molecule has 116 valence electrons. The Bertz CT molecular complexity index is 690. The first-order valence-electron chi connectivity index (χ1n) is 7.61. The van der Waals surface area contributed by atoms with Gasteiger partial charge >= 0.3 is 0 Å². The molecule has 2 aromatic carbocycles. The summed E-state index contributed by atoms with van der Waals surface area (Å²) < 4.78 is 10.7. The zero-order valence-electron chi connectivity index (χ0n) is 12.3. The predicted octanol–water partition coefficient (Wildman–Crippen LogP) is 5.07. The minimum Gasteiger partial charge on any atom is -0.353 e. The van der Waals surface area contributed by atoms with E-state index in [1.165, 1.54) is 26.7 Å². The highest BCUT2D eigenvalue weighted by Gasteiger charge is 2.17. The highest BCUT2D eigenvalue weighted by atomic mass is 32.2. The monoisotopic (exact) mass is 333 g/mol. The van der Waals surface area contributed by atoms with Crippen molar-refractivity contribution in [3.8, 4) is 0 Å². The Labute approximate surface area is 136 Å². The SMILES string of the molecule is O=[PH](O)CCCCCc1cccc2c1Nc1ccccc1S2. The molecular formula is C17H20NO2PS. The Morgan fingerprint density at radius 2 is 1.82 bits per heavy atom. The van der Waals surface area contributed by atoms with Gasteiger partial charge in [-0.3, -0.25) is 4.57 Å². The van der Waals surface area contributed by atoms with E-state index in [4.69, 9.17) is 4.89 Å². The largest absolute Gasteiger partial charge is 0.353 e. The number of para-hydroxylation sites is 2. The van der Waals surface area contributed by atoms with Crippen molar-refractivity contribution >= 4 is 31.2 Å². The maximum absolute atomic E-state index is 10.7. The van der Waals surface area contributed by atoms with E-state index < -0.39 is 8.03 Å². The van der Waals surface area contributed by atoms with Crippen LogP contribution in [0.2, 0.25) is 0 Å². The molecule has 0 amide bonds. The van der Waals surface area contributed by atoms with Gasteiger partial charge in [-0.2, -0.15) is 0 Å². The van der Waals surface area contributed by atoms with E-state index in [0.29, 0.717) is 6.16 Å². The molecule has 0 spiro atoms. The van der Waals surface area contributed by atoms with Crippen molar-refractivity contribution in [2.75, 3.05) is 11.5 Å². The Balaban J connectivity index is 1.66. The van der Waals surface area contributed by atoms with Crippen molar-refractivity contribution in [3.63, 3.8) is 0 Å². The van der Waals surface area contributed by atoms with Crippen LogP contribution in [-0.2, 0) is 11.0 Å². The van der Waals surface area contributed by atoms with Gasteiger partial charge in [-0.15, -0.1) is 0 Å². The second-order valence-electron chi connectivity index (χ2n) is 5.47. The minimum atomic E-state index is -2.29. The molecule has 2 N–H and O–H groups in total. The summed E-state index contributed by atoms with van der Waals surface area (Å²) in [6.45, 7) is 0. The topological polar surface area (TPSA) is 49.3 Å².